The molecule has 0 aliphatic heterocycles. The van der Waals surface area contributed by atoms with Gasteiger partial charge in [0.2, 0.25) is 5.88 Å². The lowest BCUT2D eigenvalue weighted by molar-refractivity contribution is -0.150. The first-order valence-corrected chi connectivity index (χ1v) is 11.1. The first-order chi connectivity index (χ1) is 16.2. The van der Waals surface area contributed by atoms with E-state index in [1.54, 1.807) is 42.8 Å². The fraction of sp³-hybridized carbons (Fsp3) is 0.375. The fourth-order valence-corrected chi connectivity index (χ4v) is 3.34. The molecule has 3 heterocycles. The number of nitrogens with zero attached hydrogens (tertiary/aromatic N) is 3. The van der Waals surface area contributed by atoms with Crippen molar-refractivity contribution in [1.82, 2.24) is 19.6 Å². The number of aromatic amines is 1. The molecule has 0 spiro atoms. The van der Waals surface area contributed by atoms with E-state index in [2.05, 4.69) is 15.1 Å². The Morgan fingerprint density at radius 1 is 1.24 bits per heavy atom. The highest BCUT2D eigenvalue weighted by Crippen LogP contribution is 2.34. The normalized spacial score (nSPS) is 12.7. The molecule has 9 nitrogen and oxygen atoms in total. The smallest absolute Gasteiger partial charge is 0.323 e. The Bertz CT molecular complexity index is 1300. The van der Waals surface area contributed by atoms with Gasteiger partial charge >= 0.3 is 5.97 Å². The number of aromatic nitrogens is 4. The largest absolute Gasteiger partial charge is 0.488 e. The molecule has 182 valence electrons. The van der Waals surface area contributed by atoms with Crippen molar-refractivity contribution in [3.8, 4) is 17.4 Å². The zero-order valence-corrected chi connectivity index (χ0v) is 20.2. The maximum absolute atomic E-state index is 15.0. The number of nitrogens with one attached hydrogen (secondary N) is 1. The lowest BCUT2D eigenvalue weighted by Gasteiger charge is -2.15. The molecule has 0 aliphatic carbocycles. The van der Waals surface area contributed by atoms with Crippen LogP contribution in [0.25, 0.3) is 16.4 Å². The molecule has 0 fully saturated rings. The quantitative estimate of drug-likeness (QED) is 0.383. The maximum Gasteiger partial charge on any atom is 0.323 e. The SMILES string of the molecule is CC.Cc1cc2c(F)c(Oc3ncnn4cc(OC[C@@H](C)OC(=O)[C@H](C)N)c(C)c34)ccc2[nH]1. The summed E-state index contributed by atoms with van der Waals surface area (Å²) in [4.78, 5) is 18.9. The van der Waals surface area contributed by atoms with Gasteiger partial charge in [-0.2, -0.15) is 10.1 Å². The Labute approximate surface area is 197 Å². The molecule has 3 aromatic heterocycles. The van der Waals surface area contributed by atoms with Gasteiger partial charge in [-0.25, -0.2) is 8.91 Å². The van der Waals surface area contributed by atoms with E-state index in [1.165, 1.54) is 6.33 Å². The number of halogens is 1. The predicted molar refractivity (Wildman–Crippen MR) is 127 cm³/mol. The average molecular weight is 472 g/mol. The number of benzene rings is 1. The number of H-pyrrole nitrogens is 1. The summed E-state index contributed by atoms with van der Waals surface area (Å²) < 4.78 is 33.4. The lowest BCUT2D eigenvalue weighted by atomic mass is 10.2. The minimum atomic E-state index is -0.707. The van der Waals surface area contributed by atoms with Crippen molar-refractivity contribution in [2.75, 3.05) is 6.61 Å². The number of hydrogen-bond donors (Lipinski definition) is 2. The molecule has 34 heavy (non-hydrogen) atoms. The summed E-state index contributed by atoms with van der Waals surface area (Å²) >= 11 is 0. The van der Waals surface area contributed by atoms with Gasteiger partial charge in [-0.3, -0.25) is 4.79 Å². The van der Waals surface area contributed by atoms with Crippen LogP contribution in [0.2, 0.25) is 0 Å². The molecule has 4 rings (SSSR count). The minimum absolute atomic E-state index is 0.0524. The lowest BCUT2D eigenvalue weighted by Crippen LogP contribution is -2.33. The van der Waals surface area contributed by atoms with Gasteiger partial charge in [0.15, 0.2) is 11.6 Å². The van der Waals surface area contributed by atoms with Gasteiger partial charge < -0.3 is 24.9 Å². The molecule has 0 bridgehead atoms. The van der Waals surface area contributed by atoms with Gasteiger partial charge in [0.05, 0.1) is 6.20 Å². The molecule has 10 heteroatoms. The third-order valence-electron chi connectivity index (χ3n) is 4.95. The Hall–Kier alpha value is -3.66. The van der Waals surface area contributed by atoms with Gasteiger partial charge in [-0.15, -0.1) is 0 Å². The highest BCUT2D eigenvalue weighted by Gasteiger charge is 2.19. The molecular formula is C24H30FN5O4. The van der Waals surface area contributed by atoms with Crippen LogP contribution in [-0.4, -0.2) is 44.3 Å². The van der Waals surface area contributed by atoms with Crippen LogP contribution in [-0.2, 0) is 9.53 Å². The fourth-order valence-electron chi connectivity index (χ4n) is 3.34. The molecule has 0 aliphatic rings. The molecule has 4 aromatic rings. The summed E-state index contributed by atoms with van der Waals surface area (Å²) in [6.45, 7) is 11.1. The summed E-state index contributed by atoms with van der Waals surface area (Å²) in [5, 5.41) is 4.63. The second-order valence-corrected chi connectivity index (χ2v) is 7.72. The number of ether oxygens (including phenoxy) is 3. The van der Waals surface area contributed by atoms with Crippen LogP contribution >= 0.6 is 0 Å². The van der Waals surface area contributed by atoms with Crippen LogP contribution in [0.4, 0.5) is 4.39 Å². The average Bonchev–Trinajstić information content (AvgIpc) is 3.35. The van der Waals surface area contributed by atoms with E-state index in [9.17, 15) is 9.18 Å². The van der Waals surface area contributed by atoms with Gasteiger partial charge in [0.25, 0.3) is 0 Å². The molecule has 0 amide bonds. The molecule has 1 aromatic carbocycles. The number of nitrogens with two attached hydrogens (primary N) is 1. The number of hydrogen-bond acceptors (Lipinski definition) is 7. The van der Waals surface area contributed by atoms with Crippen molar-refractivity contribution in [2.24, 2.45) is 5.73 Å². The summed E-state index contributed by atoms with van der Waals surface area (Å²) in [7, 11) is 0. The van der Waals surface area contributed by atoms with Gasteiger partial charge in [0.1, 0.15) is 36.3 Å². The van der Waals surface area contributed by atoms with Crippen LogP contribution in [0, 0.1) is 19.7 Å². The molecule has 0 saturated carbocycles. The Morgan fingerprint density at radius 3 is 2.68 bits per heavy atom. The van der Waals surface area contributed by atoms with Crippen molar-refractivity contribution in [2.45, 2.75) is 53.7 Å². The second kappa shape index (κ2) is 10.5. The summed E-state index contributed by atoms with van der Waals surface area (Å²) in [5.74, 6) is -0.228. The number of carbonyl (C=O) groups excluding carboxylic acids is 1. The molecule has 2 atom stereocenters. The van der Waals surface area contributed by atoms with Crippen molar-refractivity contribution in [3.63, 3.8) is 0 Å². The zero-order chi connectivity index (χ0) is 25.0. The Kier molecular flexibility index (Phi) is 7.72. The number of fused-ring (bicyclic) bond motifs is 2. The van der Waals surface area contributed by atoms with Crippen molar-refractivity contribution >= 4 is 22.4 Å². The third kappa shape index (κ3) is 5.12. The van der Waals surface area contributed by atoms with E-state index in [-0.39, 0.29) is 18.2 Å². The molecule has 0 saturated heterocycles. The van der Waals surface area contributed by atoms with E-state index >= 15 is 0 Å². The monoisotopic (exact) mass is 471 g/mol. The van der Waals surface area contributed by atoms with Crippen LogP contribution < -0.4 is 15.2 Å². The molecule has 0 radical (unpaired) electrons. The Morgan fingerprint density at radius 2 is 1.97 bits per heavy atom. The molecule has 3 N–H and O–H groups in total. The highest BCUT2D eigenvalue weighted by molar-refractivity contribution is 5.83. The Balaban J connectivity index is 0.00000158. The molecular weight excluding hydrogens is 441 g/mol. The van der Waals surface area contributed by atoms with E-state index < -0.39 is 23.9 Å². The maximum atomic E-state index is 15.0. The first kappa shape index (κ1) is 25.0. The third-order valence-corrected chi connectivity index (χ3v) is 4.95. The second-order valence-electron chi connectivity index (χ2n) is 7.72. The summed E-state index contributed by atoms with van der Waals surface area (Å²) in [6, 6.07) is 4.32. The van der Waals surface area contributed by atoms with Crippen molar-refractivity contribution in [1.29, 1.82) is 0 Å². The van der Waals surface area contributed by atoms with Crippen LogP contribution in [0.5, 0.6) is 17.4 Å². The standard InChI is InChI=1S/C22H24FN5O4.C2H6/c1-11-7-15-16(27-11)5-6-17(19(15)23)32-21-20-13(3)18(8-28(20)26-10-25-21)30-9-12(2)31-22(29)14(4)24;1-2/h5-8,10,12,14,27H,9,24H2,1-4H3;1-2H3/t12-,14+;/m1./s1. The summed E-state index contributed by atoms with van der Waals surface area (Å²) in [6.07, 6.45) is 2.48. The number of esters is 1. The highest BCUT2D eigenvalue weighted by atomic mass is 19.1. The summed E-state index contributed by atoms with van der Waals surface area (Å²) in [5.41, 5.74) is 8.29. The van der Waals surface area contributed by atoms with Crippen LogP contribution in [0.3, 0.4) is 0 Å². The van der Waals surface area contributed by atoms with Crippen LogP contribution in [0.15, 0.2) is 30.7 Å². The number of rotatable bonds is 7. The zero-order valence-electron chi connectivity index (χ0n) is 20.2. The van der Waals surface area contributed by atoms with Crippen molar-refractivity contribution < 1.29 is 23.4 Å². The number of carbonyl (C=O) groups is 1. The van der Waals surface area contributed by atoms with E-state index in [4.69, 9.17) is 19.9 Å². The topological polar surface area (TPSA) is 117 Å². The minimum Gasteiger partial charge on any atom is -0.488 e. The van der Waals surface area contributed by atoms with E-state index in [0.29, 0.717) is 27.7 Å². The molecule has 0 unspecified atom stereocenters. The van der Waals surface area contributed by atoms with E-state index in [0.717, 1.165) is 5.69 Å². The van der Waals surface area contributed by atoms with Gasteiger partial charge in [0, 0.05) is 22.2 Å². The van der Waals surface area contributed by atoms with Crippen LogP contribution in [0.1, 0.15) is 39.0 Å². The van der Waals surface area contributed by atoms with Gasteiger partial charge in [-0.1, -0.05) is 13.8 Å². The van der Waals surface area contributed by atoms with E-state index in [1.807, 2.05) is 27.7 Å². The first-order valence-electron chi connectivity index (χ1n) is 11.1. The predicted octanol–water partition coefficient (Wildman–Crippen LogP) is 4.44. The number of aryl methyl sites for hydroxylation is 2. The van der Waals surface area contributed by atoms with Crippen molar-refractivity contribution in [3.05, 3.63) is 47.8 Å². The van der Waals surface area contributed by atoms with Gasteiger partial charge in [-0.05, 0) is 45.9 Å².